The molecule has 0 saturated carbocycles. The van der Waals surface area contributed by atoms with E-state index >= 15 is 0 Å². The molecule has 0 unspecified atom stereocenters. The Morgan fingerprint density at radius 2 is 2.21 bits per heavy atom. The van der Waals surface area contributed by atoms with Gasteiger partial charge in [-0.25, -0.2) is 4.79 Å². The molecule has 1 rings (SSSR count). The average Bonchev–Trinajstić information content (AvgIpc) is 2.30. The summed E-state index contributed by atoms with van der Waals surface area (Å²) < 4.78 is 16.1. The Bertz CT molecular complexity index is 513. The first-order chi connectivity index (χ1) is 8.81. The fourth-order valence-electron chi connectivity index (χ4n) is 1.02. The van der Waals surface area contributed by atoms with Crippen LogP contribution in [-0.4, -0.2) is 50.3 Å². The Labute approximate surface area is 107 Å². The number of aromatic nitrogens is 2. The van der Waals surface area contributed by atoms with Crippen molar-refractivity contribution in [1.82, 2.24) is 9.71 Å². The number of nitrogen functional groups attached to an aromatic ring is 1. The number of aliphatic hydroxyl groups is 1. The van der Waals surface area contributed by atoms with Gasteiger partial charge in [-0.3, -0.25) is 4.57 Å². The molecule has 0 aliphatic carbocycles. The Hall–Kier alpha value is -1.45. The maximum Gasteiger partial charge on any atom is 0.382 e. The number of hydrogen-bond donors (Lipinski definition) is 4. The molecular formula is C8H14N3O7P. The summed E-state index contributed by atoms with van der Waals surface area (Å²) in [5.41, 5.74) is 4.52. The summed E-state index contributed by atoms with van der Waals surface area (Å²) in [6.07, 6.45) is -0.615. The van der Waals surface area contributed by atoms with Gasteiger partial charge < -0.3 is 30.2 Å². The van der Waals surface area contributed by atoms with E-state index in [4.69, 9.17) is 30.2 Å². The van der Waals surface area contributed by atoms with Crippen LogP contribution in [0.3, 0.4) is 0 Å². The van der Waals surface area contributed by atoms with E-state index in [1.165, 1.54) is 12.3 Å². The molecule has 5 N–H and O–H groups in total. The summed E-state index contributed by atoms with van der Waals surface area (Å²) in [7, 11) is -4.33. The highest BCUT2D eigenvalue weighted by molar-refractivity contribution is 7.51. The number of hydrogen-bond acceptors (Lipinski definition) is 7. The van der Waals surface area contributed by atoms with Crippen LogP contribution in [-0.2, 0) is 9.30 Å². The minimum Gasteiger partial charge on any atom is -0.407 e. The molecule has 0 radical (unpaired) electrons. The SMILES string of the molecule is Nc1ccn(OC[C@H](CO)OCP(=O)(O)O)c(=O)n1. The number of aliphatic hydroxyl groups excluding tert-OH is 1. The topological polar surface area (TPSA) is 157 Å². The fourth-order valence-corrected chi connectivity index (χ4v) is 1.43. The second-order valence-electron chi connectivity index (χ2n) is 3.52. The predicted molar refractivity (Wildman–Crippen MR) is 63.2 cm³/mol. The van der Waals surface area contributed by atoms with E-state index in [0.29, 0.717) is 0 Å². The molecule has 19 heavy (non-hydrogen) atoms. The maximum absolute atomic E-state index is 11.3. The van der Waals surface area contributed by atoms with Gasteiger partial charge in [0.05, 0.1) is 12.8 Å². The number of rotatable bonds is 7. The molecule has 0 bridgehead atoms. The van der Waals surface area contributed by atoms with E-state index in [1.807, 2.05) is 0 Å². The molecule has 10 nitrogen and oxygen atoms in total. The quantitative estimate of drug-likeness (QED) is 0.408. The Morgan fingerprint density at radius 3 is 2.74 bits per heavy atom. The normalized spacial score (nSPS) is 13.2. The Balaban J connectivity index is 2.53. The van der Waals surface area contributed by atoms with Crippen molar-refractivity contribution in [2.75, 3.05) is 25.3 Å². The van der Waals surface area contributed by atoms with E-state index in [9.17, 15) is 9.36 Å². The average molecular weight is 295 g/mol. The lowest BCUT2D eigenvalue weighted by molar-refractivity contribution is -0.0375. The molecule has 1 heterocycles. The minimum atomic E-state index is -4.33. The highest BCUT2D eigenvalue weighted by Crippen LogP contribution is 2.34. The van der Waals surface area contributed by atoms with Crippen LogP contribution in [0.2, 0.25) is 0 Å². The fraction of sp³-hybridized carbons (Fsp3) is 0.500. The van der Waals surface area contributed by atoms with E-state index in [2.05, 4.69) is 4.98 Å². The van der Waals surface area contributed by atoms with Crippen molar-refractivity contribution in [3.63, 3.8) is 0 Å². The van der Waals surface area contributed by atoms with Crippen molar-refractivity contribution in [3.8, 4) is 0 Å². The molecule has 11 heteroatoms. The summed E-state index contributed by atoms with van der Waals surface area (Å²) >= 11 is 0. The molecule has 1 aromatic rings. The number of nitrogens with zero attached hydrogens (tertiary/aromatic N) is 2. The summed E-state index contributed by atoms with van der Waals surface area (Å²) in [5.74, 6) is 0.0290. The van der Waals surface area contributed by atoms with Crippen LogP contribution in [0.4, 0.5) is 5.82 Å². The van der Waals surface area contributed by atoms with E-state index in [0.717, 1.165) is 4.73 Å². The van der Waals surface area contributed by atoms with Crippen LogP contribution in [0.15, 0.2) is 17.1 Å². The lowest BCUT2D eigenvalue weighted by Gasteiger charge is -2.16. The summed E-state index contributed by atoms with van der Waals surface area (Å²) in [4.78, 5) is 36.8. The zero-order valence-corrected chi connectivity index (χ0v) is 10.6. The summed E-state index contributed by atoms with van der Waals surface area (Å²) in [6, 6.07) is 1.33. The highest BCUT2D eigenvalue weighted by Gasteiger charge is 2.18. The van der Waals surface area contributed by atoms with Gasteiger partial charge in [0.15, 0.2) is 0 Å². The summed E-state index contributed by atoms with van der Waals surface area (Å²) in [5, 5.41) is 8.93. The van der Waals surface area contributed by atoms with Gasteiger partial charge in [0, 0.05) is 6.07 Å². The third-order valence-corrected chi connectivity index (χ3v) is 2.36. The van der Waals surface area contributed by atoms with E-state index < -0.39 is 32.3 Å². The van der Waals surface area contributed by atoms with Crippen LogP contribution < -0.4 is 16.3 Å². The van der Waals surface area contributed by atoms with Crippen molar-refractivity contribution < 1.29 is 29.0 Å². The van der Waals surface area contributed by atoms with Crippen LogP contribution in [0.25, 0.3) is 0 Å². The molecule has 0 aliphatic heterocycles. The van der Waals surface area contributed by atoms with Crippen LogP contribution >= 0.6 is 7.60 Å². The Morgan fingerprint density at radius 1 is 1.53 bits per heavy atom. The van der Waals surface area contributed by atoms with Crippen molar-refractivity contribution >= 4 is 13.4 Å². The van der Waals surface area contributed by atoms with Gasteiger partial charge in [0.2, 0.25) is 0 Å². The van der Waals surface area contributed by atoms with Crippen molar-refractivity contribution in [2.45, 2.75) is 6.10 Å². The lowest BCUT2D eigenvalue weighted by atomic mass is 10.4. The predicted octanol–water partition coefficient (Wildman–Crippen LogP) is -2.23. The molecule has 0 spiro atoms. The first-order valence-corrected chi connectivity index (χ1v) is 6.87. The van der Waals surface area contributed by atoms with E-state index in [1.54, 1.807) is 0 Å². The molecule has 0 amide bonds. The smallest absolute Gasteiger partial charge is 0.382 e. The van der Waals surface area contributed by atoms with Crippen LogP contribution in [0.5, 0.6) is 0 Å². The second-order valence-corrected chi connectivity index (χ2v) is 5.11. The maximum atomic E-state index is 11.3. The molecular weight excluding hydrogens is 281 g/mol. The first-order valence-electron chi connectivity index (χ1n) is 5.07. The molecule has 1 atom stereocenters. The molecule has 108 valence electrons. The van der Waals surface area contributed by atoms with Crippen LogP contribution in [0.1, 0.15) is 0 Å². The number of nitrogens with two attached hydrogens (primary N) is 1. The second kappa shape index (κ2) is 6.64. The number of anilines is 1. The summed E-state index contributed by atoms with van der Waals surface area (Å²) in [6.45, 7) is -0.820. The molecule has 0 aromatic carbocycles. The zero-order chi connectivity index (χ0) is 14.5. The van der Waals surface area contributed by atoms with Crippen molar-refractivity contribution in [2.24, 2.45) is 0 Å². The van der Waals surface area contributed by atoms with Gasteiger partial charge in [0.25, 0.3) is 0 Å². The van der Waals surface area contributed by atoms with E-state index in [-0.39, 0.29) is 12.4 Å². The molecule has 1 aromatic heterocycles. The van der Waals surface area contributed by atoms with Gasteiger partial charge in [-0.05, 0) is 0 Å². The first kappa shape index (κ1) is 15.6. The van der Waals surface area contributed by atoms with Crippen molar-refractivity contribution in [1.29, 1.82) is 0 Å². The minimum absolute atomic E-state index is 0.0290. The van der Waals surface area contributed by atoms with Gasteiger partial charge in [-0.2, -0.15) is 4.98 Å². The van der Waals surface area contributed by atoms with Gasteiger partial charge in [-0.1, -0.05) is 0 Å². The lowest BCUT2D eigenvalue weighted by Crippen LogP contribution is -2.35. The molecule has 0 fully saturated rings. The third-order valence-electron chi connectivity index (χ3n) is 1.88. The number of ether oxygens (including phenoxy) is 1. The molecule has 0 saturated heterocycles. The third kappa shape index (κ3) is 5.81. The monoisotopic (exact) mass is 295 g/mol. The van der Waals surface area contributed by atoms with Crippen LogP contribution in [0, 0.1) is 0 Å². The highest BCUT2D eigenvalue weighted by atomic mass is 31.2. The van der Waals surface area contributed by atoms with Gasteiger partial charge >= 0.3 is 13.3 Å². The standard InChI is InChI=1S/C8H14N3O7P/c9-7-1-2-11(8(13)10-7)18-4-6(3-12)17-5-19(14,15)16/h1-2,6,12H,3-5H2,(H2,9,10,13)(H2,14,15,16)/t6-/m0/s1. The molecule has 0 aliphatic rings. The van der Waals surface area contributed by atoms with Gasteiger partial charge in [-0.15, -0.1) is 4.73 Å². The Kier molecular flexibility index (Phi) is 5.45. The van der Waals surface area contributed by atoms with Crippen molar-refractivity contribution in [3.05, 3.63) is 22.7 Å². The largest absolute Gasteiger partial charge is 0.407 e. The zero-order valence-electron chi connectivity index (χ0n) is 9.75. The van der Waals surface area contributed by atoms with Gasteiger partial charge in [0.1, 0.15) is 24.9 Å².